The Labute approximate surface area is 244 Å². The minimum Gasteiger partial charge on any atom is -0.504 e. The maximum absolute atomic E-state index is 12.3. The van der Waals surface area contributed by atoms with E-state index in [2.05, 4.69) is 6.58 Å². The standard InChI is InChI=1S/C29H30O14/c1-15(10-11-40-23(34)8-4-16-2-6-18(30)20(32)12-16)28(39)41-14-22-25(36)26(37)27(38)29(42-22)43-24(35)9-5-17-3-7-19(31)21(33)13-17/h2-9,12-13,22,25-27,29-33,36-38H,1,10-11,14H2/t22-,25-,26+,27-,29+/m1/s1. The third-order valence-corrected chi connectivity index (χ3v) is 6.04. The summed E-state index contributed by atoms with van der Waals surface area (Å²) < 4.78 is 20.4. The summed E-state index contributed by atoms with van der Waals surface area (Å²) in [5, 5.41) is 68.2. The van der Waals surface area contributed by atoms with E-state index < -0.39 is 61.0 Å². The lowest BCUT2D eigenvalue weighted by Gasteiger charge is -2.39. The number of phenolic OH excluding ortho intramolecular Hbond substituents is 4. The summed E-state index contributed by atoms with van der Waals surface area (Å²) in [5.41, 5.74) is 0.660. The molecule has 1 heterocycles. The van der Waals surface area contributed by atoms with Crippen molar-refractivity contribution in [1.82, 2.24) is 0 Å². The number of hydrogen-bond donors (Lipinski definition) is 7. The number of hydrogen-bond acceptors (Lipinski definition) is 14. The molecule has 0 aromatic heterocycles. The van der Waals surface area contributed by atoms with E-state index in [1.54, 1.807) is 0 Å². The molecular formula is C29H30O14. The highest BCUT2D eigenvalue weighted by Crippen LogP contribution is 2.27. The van der Waals surface area contributed by atoms with Gasteiger partial charge in [0.2, 0.25) is 6.29 Å². The molecule has 14 heteroatoms. The van der Waals surface area contributed by atoms with Crippen LogP contribution >= 0.6 is 0 Å². The first-order valence-corrected chi connectivity index (χ1v) is 12.7. The van der Waals surface area contributed by atoms with Crippen LogP contribution in [0, 0.1) is 0 Å². The van der Waals surface area contributed by atoms with Gasteiger partial charge in [0.15, 0.2) is 23.0 Å². The number of aromatic hydroxyl groups is 4. The Morgan fingerprint density at radius 2 is 1.33 bits per heavy atom. The second kappa shape index (κ2) is 14.8. The molecule has 0 unspecified atom stereocenters. The molecular weight excluding hydrogens is 572 g/mol. The Kier molecular flexibility index (Phi) is 11.3. The molecule has 1 aliphatic heterocycles. The third kappa shape index (κ3) is 9.31. The highest BCUT2D eigenvalue weighted by Gasteiger charge is 2.46. The van der Waals surface area contributed by atoms with Gasteiger partial charge < -0.3 is 54.7 Å². The zero-order valence-corrected chi connectivity index (χ0v) is 22.5. The number of aliphatic hydroxyl groups is 3. The highest BCUT2D eigenvalue weighted by molar-refractivity contribution is 5.89. The van der Waals surface area contributed by atoms with Crippen molar-refractivity contribution in [1.29, 1.82) is 0 Å². The third-order valence-electron chi connectivity index (χ3n) is 6.04. The Morgan fingerprint density at radius 1 is 0.767 bits per heavy atom. The molecule has 0 bridgehead atoms. The van der Waals surface area contributed by atoms with Crippen LogP contribution in [0.25, 0.3) is 12.2 Å². The van der Waals surface area contributed by atoms with E-state index >= 15 is 0 Å². The van der Waals surface area contributed by atoms with E-state index in [4.69, 9.17) is 18.9 Å². The summed E-state index contributed by atoms with van der Waals surface area (Å²) >= 11 is 0. The quantitative estimate of drug-likeness (QED) is 0.0809. The average molecular weight is 603 g/mol. The van der Waals surface area contributed by atoms with Gasteiger partial charge in [-0.1, -0.05) is 18.7 Å². The van der Waals surface area contributed by atoms with Gasteiger partial charge in [-0.15, -0.1) is 0 Å². The Morgan fingerprint density at radius 3 is 1.88 bits per heavy atom. The van der Waals surface area contributed by atoms with Crippen LogP contribution in [0.4, 0.5) is 0 Å². The van der Waals surface area contributed by atoms with Crippen LogP contribution in [-0.2, 0) is 33.3 Å². The summed E-state index contributed by atoms with van der Waals surface area (Å²) in [5.74, 6) is -4.15. The molecule has 0 spiro atoms. The number of benzene rings is 2. The molecule has 0 aliphatic carbocycles. The van der Waals surface area contributed by atoms with Crippen molar-refractivity contribution < 1.29 is 69.1 Å². The van der Waals surface area contributed by atoms with Gasteiger partial charge in [-0.05, 0) is 47.5 Å². The van der Waals surface area contributed by atoms with Gasteiger partial charge >= 0.3 is 17.9 Å². The smallest absolute Gasteiger partial charge is 0.333 e. The zero-order chi connectivity index (χ0) is 31.7. The summed E-state index contributed by atoms with van der Waals surface area (Å²) in [4.78, 5) is 36.4. The lowest BCUT2D eigenvalue weighted by molar-refractivity contribution is -0.291. The van der Waals surface area contributed by atoms with Crippen LogP contribution in [-0.4, -0.2) is 97.6 Å². The topological polar surface area (TPSA) is 230 Å². The van der Waals surface area contributed by atoms with Crippen LogP contribution < -0.4 is 0 Å². The van der Waals surface area contributed by atoms with E-state index in [0.717, 1.165) is 12.2 Å². The molecule has 2 aromatic rings. The van der Waals surface area contributed by atoms with Crippen molar-refractivity contribution in [3.05, 3.63) is 71.8 Å². The molecule has 43 heavy (non-hydrogen) atoms. The Bertz CT molecular complexity index is 1400. The van der Waals surface area contributed by atoms with Crippen molar-refractivity contribution >= 4 is 30.1 Å². The fraction of sp³-hybridized carbons (Fsp3) is 0.276. The molecule has 7 N–H and O–H groups in total. The number of rotatable bonds is 11. The average Bonchev–Trinajstić information content (AvgIpc) is 2.97. The van der Waals surface area contributed by atoms with Crippen LogP contribution in [0.3, 0.4) is 0 Å². The normalized spacial score (nSPS) is 21.9. The van der Waals surface area contributed by atoms with Gasteiger partial charge in [-0.25, -0.2) is 14.4 Å². The minimum atomic E-state index is -1.84. The summed E-state index contributed by atoms with van der Waals surface area (Å²) in [6.07, 6.45) is -4.06. The molecule has 2 aromatic carbocycles. The number of ether oxygens (including phenoxy) is 4. The Balaban J connectivity index is 1.45. The fourth-order valence-corrected chi connectivity index (χ4v) is 3.61. The van der Waals surface area contributed by atoms with Gasteiger partial charge in [-0.2, -0.15) is 0 Å². The molecule has 230 valence electrons. The van der Waals surface area contributed by atoms with E-state index in [1.807, 2.05) is 0 Å². The second-order valence-corrected chi connectivity index (χ2v) is 9.23. The van der Waals surface area contributed by atoms with Gasteiger partial charge in [0.25, 0.3) is 0 Å². The number of esters is 3. The van der Waals surface area contributed by atoms with Crippen LogP contribution in [0.1, 0.15) is 17.5 Å². The second-order valence-electron chi connectivity index (χ2n) is 9.23. The largest absolute Gasteiger partial charge is 0.504 e. The molecule has 14 nitrogen and oxygen atoms in total. The lowest BCUT2D eigenvalue weighted by atomic mass is 9.99. The lowest BCUT2D eigenvalue weighted by Crippen LogP contribution is -2.59. The predicted molar refractivity (Wildman–Crippen MR) is 146 cm³/mol. The van der Waals surface area contributed by atoms with Crippen LogP contribution in [0.15, 0.2) is 60.7 Å². The molecule has 1 saturated heterocycles. The maximum Gasteiger partial charge on any atom is 0.333 e. The number of carbonyl (C=O) groups excluding carboxylic acids is 3. The monoisotopic (exact) mass is 602 g/mol. The molecule has 3 rings (SSSR count). The van der Waals surface area contributed by atoms with Crippen molar-refractivity contribution in [2.24, 2.45) is 0 Å². The van der Waals surface area contributed by atoms with Crippen molar-refractivity contribution in [3.8, 4) is 23.0 Å². The van der Waals surface area contributed by atoms with Crippen LogP contribution in [0.2, 0.25) is 0 Å². The summed E-state index contributed by atoms with van der Waals surface area (Å²) in [6.45, 7) is 2.69. The summed E-state index contributed by atoms with van der Waals surface area (Å²) in [7, 11) is 0. The van der Waals surface area contributed by atoms with E-state index in [9.17, 15) is 50.1 Å². The van der Waals surface area contributed by atoms with Crippen molar-refractivity contribution in [2.45, 2.75) is 37.1 Å². The van der Waals surface area contributed by atoms with Crippen molar-refractivity contribution in [2.75, 3.05) is 13.2 Å². The van der Waals surface area contributed by atoms with Gasteiger partial charge in [0.1, 0.15) is 31.0 Å². The van der Waals surface area contributed by atoms with Gasteiger partial charge in [0, 0.05) is 24.1 Å². The first-order chi connectivity index (χ1) is 20.3. The van der Waals surface area contributed by atoms with Crippen molar-refractivity contribution in [3.63, 3.8) is 0 Å². The minimum absolute atomic E-state index is 0.0977. The molecule has 0 saturated carbocycles. The molecule has 5 atom stereocenters. The van der Waals surface area contributed by atoms with Gasteiger partial charge in [0.05, 0.1) is 6.61 Å². The molecule has 0 amide bonds. The van der Waals surface area contributed by atoms with E-state index in [-0.39, 0.29) is 35.8 Å². The summed E-state index contributed by atoms with van der Waals surface area (Å²) in [6, 6.07) is 7.72. The molecule has 1 aliphatic rings. The number of aliphatic hydroxyl groups excluding tert-OH is 3. The molecule has 1 fully saturated rings. The molecule has 0 radical (unpaired) electrons. The predicted octanol–water partition coefficient (Wildman–Crippen LogP) is 0.619. The Hall–Kier alpha value is -4.89. The SMILES string of the molecule is C=C(CCOC(=O)C=Cc1ccc(O)c(O)c1)C(=O)OC[C@H]1O[C@@H](OC(=O)C=Cc2ccc(O)c(O)c2)[C@H](O)[C@@H](O)[C@@H]1O. The highest BCUT2D eigenvalue weighted by atomic mass is 16.7. The first-order valence-electron chi connectivity index (χ1n) is 12.7. The fourth-order valence-electron chi connectivity index (χ4n) is 3.61. The van der Waals surface area contributed by atoms with Gasteiger partial charge in [-0.3, -0.25) is 0 Å². The first kappa shape index (κ1) is 32.6. The van der Waals surface area contributed by atoms with E-state index in [0.29, 0.717) is 11.1 Å². The van der Waals surface area contributed by atoms with Crippen LogP contribution in [0.5, 0.6) is 23.0 Å². The maximum atomic E-state index is 12.3. The number of phenols is 4. The van der Waals surface area contributed by atoms with E-state index in [1.165, 1.54) is 48.6 Å². The zero-order valence-electron chi connectivity index (χ0n) is 22.5. The number of carbonyl (C=O) groups is 3.